The van der Waals surface area contributed by atoms with Gasteiger partial charge < -0.3 is 15.8 Å². The van der Waals surface area contributed by atoms with Gasteiger partial charge in [0.1, 0.15) is 5.75 Å². The highest BCUT2D eigenvalue weighted by molar-refractivity contribution is 9.10. The van der Waals surface area contributed by atoms with Crippen molar-refractivity contribution in [2.24, 2.45) is 0 Å². The molecule has 0 aromatic heterocycles. The van der Waals surface area contributed by atoms with E-state index >= 15 is 0 Å². The Balaban J connectivity index is 1.89. The fraction of sp³-hybridized carbons (Fsp3) is 0.188. The number of ether oxygens (including phenoxy) is 1. The molecule has 4 nitrogen and oxygen atoms in total. The van der Waals surface area contributed by atoms with Gasteiger partial charge in [-0.3, -0.25) is 4.79 Å². The Kier molecular flexibility index (Phi) is 5.22. The van der Waals surface area contributed by atoms with Gasteiger partial charge in [-0.2, -0.15) is 0 Å². The molecule has 1 amide bonds. The Morgan fingerprint density at radius 3 is 2.48 bits per heavy atom. The molecular formula is C16H17BrN2O2. The van der Waals surface area contributed by atoms with Crippen LogP contribution < -0.4 is 15.8 Å². The summed E-state index contributed by atoms with van der Waals surface area (Å²) in [5.74, 6) is 0.617. The van der Waals surface area contributed by atoms with Crippen LogP contribution in [-0.4, -0.2) is 13.0 Å². The SMILES string of the molecule is COc1ccc(CNC(=O)Cc2ccc(Br)cc2)cc1N. The monoisotopic (exact) mass is 348 g/mol. The zero-order chi connectivity index (χ0) is 15.2. The number of carbonyl (C=O) groups is 1. The second-order valence-corrected chi connectivity index (χ2v) is 5.57. The largest absolute Gasteiger partial charge is 0.495 e. The van der Waals surface area contributed by atoms with Gasteiger partial charge in [-0.1, -0.05) is 34.1 Å². The Morgan fingerprint density at radius 2 is 1.86 bits per heavy atom. The highest BCUT2D eigenvalue weighted by Crippen LogP contribution is 2.21. The third kappa shape index (κ3) is 4.49. The molecule has 2 rings (SSSR count). The Morgan fingerprint density at radius 1 is 1.19 bits per heavy atom. The van der Waals surface area contributed by atoms with Crippen molar-refractivity contribution in [3.05, 3.63) is 58.1 Å². The first-order chi connectivity index (χ1) is 10.1. The molecule has 0 saturated heterocycles. The number of amides is 1. The molecule has 0 bridgehead atoms. The predicted octanol–water partition coefficient (Wildman–Crippen LogP) is 2.90. The van der Waals surface area contributed by atoms with Crippen LogP contribution in [0.25, 0.3) is 0 Å². The summed E-state index contributed by atoms with van der Waals surface area (Å²) in [7, 11) is 1.57. The zero-order valence-electron chi connectivity index (χ0n) is 11.7. The molecule has 2 aromatic rings. The third-order valence-corrected chi connectivity index (χ3v) is 3.59. The maximum atomic E-state index is 11.9. The van der Waals surface area contributed by atoms with E-state index in [4.69, 9.17) is 10.5 Å². The van der Waals surface area contributed by atoms with Gasteiger partial charge >= 0.3 is 0 Å². The van der Waals surface area contributed by atoms with Crippen molar-refractivity contribution in [1.82, 2.24) is 5.32 Å². The van der Waals surface area contributed by atoms with Gasteiger partial charge in [0.25, 0.3) is 0 Å². The number of benzene rings is 2. The van der Waals surface area contributed by atoms with Crippen LogP contribution in [-0.2, 0) is 17.8 Å². The summed E-state index contributed by atoms with van der Waals surface area (Å²) in [6.45, 7) is 0.448. The van der Waals surface area contributed by atoms with Crippen molar-refractivity contribution in [2.45, 2.75) is 13.0 Å². The van der Waals surface area contributed by atoms with E-state index in [1.807, 2.05) is 30.3 Å². The van der Waals surface area contributed by atoms with Crippen molar-refractivity contribution in [1.29, 1.82) is 0 Å². The summed E-state index contributed by atoms with van der Waals surface area (Å²) >= 11 is 3.37. The minimum absolute atomic E-state index is 0.0216. The summed E-state index contributed by atoms with van der Waals surface area (Å²) in [6, 6.07) is 13.2. The van der Waals surface area contributed by atoms with E-state index in [2.05, 4.69) is 21.2 Å². The maximum Gasteiger partial charge on any atom is 0.224 e. The van der Waals surface area contributed by atoms with Gasteiger partial charge in [-0.05, 0) is 35.4 Å². The molecule has 110 valence electrons. The Labute approximate surface area is 132 Å². The molecule has 0 spiro atoms. The number of nitrogens with one attached hydrogen (secondary N) is 1. The molecule has 0 radical (unpaired) electrons. The predicted molar refractivity (Wildman–Crippen MR) is 87.1 cm³/mol. The second-order valence-electron chi connectivity index (χ2n) is 4.66. The normalized spacial score (nSPS) is 10.2. The van der Waals surface area contributed by atoms with Gasteiger partial charge in [-0.15, -0.1) is 0 Å². The van der Waals surface area contributed by atoms with Crippen molar-refractivity contribution in [2.75, 3.05) is 12.8 Å². The molecule has 0 unspecified atom stereocenters. The van der Waals surface area contributed by atoms with E-state index in [-0.39, 0.29) is 5.91 Å². The molecule has 0 saturated carbocycles. The lowest BCUT2D eigenvalue weighted by molar-refractivity contribution is -0.120. The van der Waals surface area contributed by atoms with E-state index in [0.29, 0.717) is 24.4 Å². The van der Waals surface area contributed by atoms with Crippen LogP contribution in [0.4, 0.5) is 5.69 Å². The topological polar surface area (TPSA) is 64.3 Å². The van der Waals surface area contributed by atoms with Crippen LogP contribution in [0.3, 0.4) is 0 Å². The molecule has 21 heavy (non-hydrogen) atoms. The average Bonchev–Trinajstić information content (AvgIpc) is 2.48. The zero-order valence-corrected chi connectivity index (χ0v) is 13.3. The lowest BCUT2D eigenvalue weighted by Gasteiger charge is -2.09. The number of methoxy groups -OCH3 is 1. The van der Waals surface area contributed by atoms with Crippen molar-refractivity contribution in [3.8, 4) is 5.75 Å². The number of rotatable bonds is 5. The molecule has 0 aliphatic rings. The third-order valence-electron chi connectivity index (χ3n) is 3.06. The second kappa shape index (κ2) is 7.13. The lowest BCUT2D eigenvalue weighted by atomic mass is 10.1. The standard InChI is InChI=1S/C16H17BrN2O2/c1-21-15-7-4-12(8-14(15)18)10-19-16(20)9-11-2-5-13(17)6-3-11/h2-8H,9-10,18H2,1H3,(H,19,20). The summed E-state index contributed by atoms with van der Waals surface area (Å²) < 4.78 is 6.10. The smallest absolute Gasteiger partial charge is 0.224 e. The number of hydrogen-bond acceptors (Lipinski definition) is 3. The van der Waals surface area contributed by atoms with E-state index in [9.17, 15) is 4.79 Å². The van der Waals surface area contributed by atoms with Crippen molar-refractivity contribution < 1.29 is 9.53 Å². The molecule has 5 heteroatoms. The van der Waals surface area contributed by atoms with E-state index in [0.717, 1.165) is 15.6 Å². The molecule has 2 aromatic carbocycles. The Bertz CT molecular complexity index is 627. The number of carbonyl (C=O) groups excluding carboxylic acids is 1. The van der Waals surface area contributed by atoms with Crippen LogP contribution in [0.15, 0.2) is 46.9 Å². The number of nitrogens with two attached hydrogens (primary N) is 1. The Hall–Kier alpha value is -2.01. The maximum absolute atomic E-state index is 11.9. The molecule has 0 aliphatic heterocycles. The first-order valence-electron chi connectivity index (χ1n) is 6.52. The summed E-state index contributed by atoms with van der Waals surface area (Å²) in [4.78, 5) is 11.9. The van der Waals surface area contributed by atoms with Gasteiger partial charge in [0.2, 0.25) is 5.91 Å². The minimum atomic E-state index is -0.0216. The quantitative estimate of drug-likeness (QED) is 0.816. The summed E-state index contributed by atoms with van der Waals surface area (Å²) in [5.41, 5.74) is 8.32. The fourth-order valence-electron chi connectivity index (χ4n) is 1.94. The molecule has 0 fully saturated rings. The molecule has 0 aliphatic carbocycles. The van der Waals surface area contributed by atoms with Gasteiger partial charge in [0, 0.05) is 11.0 Å². The highest BCUT2D eigenvalue weighted by atomic mass is 79.9. The van der Waals surface area contributed by atoms with E-state index < -0.39 is 0 Å². The molecule has 0 atom stereocenters. The van der Waals surface area contributed by atoms with Crippen LogP contribution in [0.1, 0.15) is 11.1 Å². The van der Waals surface area contributed by atoms with Crippen LogP contribution >= 0.6 is 15.9 Å². The number of nitrogen functional groups attached to an aromatic ring is 1. The summed E-state index contributed by atoms with van der Waals surface area (Å²) in [5, 5.41) is 2.88. The van der Waals surface area contributed by atoms with Crippen LogP contribution in [0.5, 0.6) is 5.75 Å². The minimum Gasteiger partial charge on any atom is -0.495 e. The van der Waals surface area contributed by atoms with E-state index in [1.54, 1.807) is 19.2 Å². The number of halogens is 1. The highest BCUT2D eigenvalue weighted by Gasteiger charge is 2.05. The summed E-state index contributed by atoms with van der Waals surface area (Å²) in [6.07, 6.45) is 0.360. The first-order valence-corrected chi connectivity index (χ1v) is 7.31. The van der Waals surface area contributed by atoms with Crippen molar-refractivity contribution >= 4 is 27.5 Å². The fourth-order valence-corrected chi connectivity index (χ4v) is 2.21. The van der Waals surface area contributed by atoms with E-state index in [1.165, 1.54) is 0 Å². The van der Waals surface area contributed by atoms with Gasteiger partial charge in [0.15, 0.2) is 0 Å². The van der Waals surface area contributed by atoms with Crippen molar-refractivity contribution in [3.63, 3.8) is 0 Å². The molecule has 3 N–H and O–H groups in total. The van der Waals surface area contributed by atoms with Crippen LogP contribution in [0, 0.1) is 0 Å². The first kappa shape index (κ1) is 15.4. The van der Waals surface area contributed by atoms with Gasteiger partial charge in [-0.25, -0.2) is 0 Å². The number of hydrogen-bond donors (Lipinski definition) is 2. The number of anilines is 1. The average molecular weight is 349 g/mol. The molecular weight excluding hydrogens is 332 g/mol. The lowest BCUT2D eigenvalue weighted by Crippen LogP contribution is -2.24. The van der Waals surface area contributed by atoms with Gasteiger partial charge in [0.05, 0.1) is 19.2 Å². The molecule has 0 heterocycles. The van der Waals surface area contributed by atoms with Crippen LogP contribution in [0.2, 0.25) is 0 Å².